The van der Waals surface area contributed by atoms with Gasteiger partial charge in [-0.15, -0.1) is 0 Å². The number of hydrogen-bond donors (Lipinski definition) is 3. The molecule has 2 heterocycles. The van der Waals surface area contributed by atoms with Crippen molar-refractivity contribution >= 4 is 23.7 Å². The molecule has 10 nitrogen and oxygen atoms in total. The molecule has 0 fully saturated rings. The SMILES string of the molecule is COC(=O)c1c(C)ccc(O)c1OCCSC[C@H](Nc1ncc[nH]1)c1nc(C)no1. The summed E-state index contributed by atoms with van der Waals surface area (Å²) in [5.41, 5.74) is 0.887. The van der Waals surface area contributed by atoms with Crippen LogP contribution in [0.25, 0.3) is 0 Å². The van der Waals surface area contributed by atoms with Gasteiger partial charge in [-0.1, -0.05) is 11.2 Å². The predicted octanol–water partition coefficient (Wildman–Crippen LogP) is 2.87. The van der Waals surface area contributed by atoms with E-state index in [9.17, 15) is 9.90 Å². The first-order chi connectivity index (χ1) is 14.5. The Morgan fingerprint density at radius 3 is 2.90 bits per heavy atom. The fourth-order valence-electron chi connectivity index (χ4n) is 2.71. The predicted molar refractivity (Wildman–Crippen MR) is 111 cm³/mol. The first kappa shape index (κ1) is 21.5. The number of rotatable bonds is 10. The van der Waals surface area contributed by atoms with Crippen molar-refractivity contribution in [2.45, 2.75) is 19.9 Å². The molecule has 2 aromatic heterocycles. The maximum atomic E-state index is 12.0. The number of aromatic amines is 1. The normalized spacial score (nSPS) is 11.8. The number of thioether (sulfide) groups is 1. The summed E-state index contributed by atoms with van der Waals surface area (Å²) in [5.74, 6) is 2.27. The number of phenolic OH excluding ortho intramolecular Hbond substituents is 1. The van der Waals surface area contributed by atoms with Gasteiger partial charge in [0, 0.05) is 23.9 Å². The number of esters is 1. The van der Waals surface area contributed by atoms with E-state index in [-0.39, 0.29) is 29.7 Å². The van der Waals surface area contributed by atoms with Gasteiger partial charge in [-0.2, -0.15) is 16.7 Å². The monoisotopic (exact) mass is 433 g/mol. The molecule has 3 aromatic rings. The second kappa shape index (κ2) is 10.0. The smallest absolute Gasteiger partial charge is 0.342 e. The van der Waals surface area contributed by atoms with Crippen LogP contribution in [0.3, 0.4) is 0 Å². The van der Waals surface area contributed by atoms with Crippen LogP contribution in [0.2, 0.25) is 0 Å². The van der Waals surface area contributed by atoms with Crippen LogP contribution in [-0.2, 0) is 4.74 Å². The summed E-state index contributed by atoms with van der Waals surface area (Å²) in [4.78, 5) is 23.5. The Balaban J connectivity index is 1.58. The zero-order chi connectivity index (χ0) is 21.5. The maximum Gasteiger partial charge on any atom is 0.342 e. The number of benzene rings is 1. The van der Waals surface area contributed by atoms with Crippen LogP contribution in [0.5, 0.6) is 11.5 Å². The number of hydrogen-bond acceptors (Lipinski definition) is 10. The number of imidazole rings is 1. The van der Waals surface area contributed by atoms with Crippen LogP contribution in [-0.4, -0.2) is 56.4 Å². The van der Waals surface area contributed by atoms with Gasteiger partial charge in [0.1, 0.15) is 11.6 Å². The molecule has 3 rings (SSSR count). The van der Waals surface area contributed by atoms with Crippen molar-refractivity contribution in [2.24, 2.45) is 0 Å². The number of aromatic hydroxyl groups is 1. The van der Waals surface area contributed by atoms with Crippen molar-refractivity contribution in [3.63, 3.8) is 0 Å². The molecule has 1 atom stereocenters. The Kier molecular flexibility index (Phi) is 7.17. The van der Waals surface area contributed by atoms with Gasteiger partial charge in [-0.25, -0.2) is 9.78 Å². The highest BCUT2D eigenvalue weighted by Gasteiger charge is 2.21. The lowest BCUT2D eigenvalue weighted by Crippen LogP contribution is -2.16. The van der Waals surface area contributed by atoms with E-state index in [1.165, 1.54) is 13.2 Å². The molecule has 0 bridgehead atoms. The largest absolute Gasteiger partial charge is 0.504 e. The molecule has 1 aromatic carbocycles. The molecule has 0 saturated carbocycles. The average molecular weight is 433 g/mol. The van der Waals surface area contributed by atoms with Gasteiger partial charge in [0.25, 0.3) is 0 Å². The van der Waals surface area contributed by atoms with E-state index < -0.39 is 5.97 Å². The van der Waals surface area contributed by atoms with E-state index in [0.717, 1.165) is 0 Å². The lowest BCUT2D eigenvalue weighted by atomic mass is 10.1. The standard InChI is InChI=1S/C19H23N5O5S/c1-11-4-5-14(25)16(15(11)18(26)27-3)28-8-9-30-10-13(17-22-12(2)24-29-17)23-19-20-6-7-21-19/h4-7,13,25H,8-10H2,1-3H3,(H2,20,21,23)/t13-/m0/s1. The topological polar surface area (TPSA) is 135 Å². The van der Waals surface area contributed by atoms with E-state index in [0.29, 0.717) is 34.7 Å². The molecule has 0 amide bonds. The van der Waals surface area contributed by atoms with E-state index in [2.05, 4.69) is 25.4 Å². The lowest BCUT2D eigenvalue weighted by molar-refractivity contribution is 0.0594. The summed E-state index contributed by atoms with van der Waals surface area (Å²) >= 11 is 1.58. The van der Waals surface area contributed by atoms with Crippen molar-refractivity contribution in [3.8, 4) is 11.5 Å². The molecule has 0 aliphatic carbocycles. The molecule has 3 N–H and O–H groups in total. The number of methoxy groups -OCH3 is 1. The molecular formula is C19H23N5O5S. The molecule has 0 radical (unpaired) electrons. The first-order valence-corrected chi connectivity index (χ1v) is 10.3. The van der Waals surface area contributed by atoms with Crippen molar-refractivity contribution in [2.75, 3.05) is 30.5 Å². The summed E-state index contributed by atoms with van der Waals surface area (Å²) < 4.78 is 15.8. The van der Waals surface area contributed by atoms with Crippen LogP contribution < -0.4 is 10.1 Å². The number of H-pyrrole nitrogens is 1. The van der Waals surface area contributed by atoms with Gasteiger partial charge in [-0.05, 0) is 25.5 Å². The van der Waals surface area contributed by atoms with Crippen LogP contribution in [0, 0.1) is 13.8 Å². The number of anilines is 1. The quantitative estimate of drug-likeness (QED) is 0.323. The summed E-state index contributed by atoms with van der Waals surface area (Å²) in [6.45, 7) is 3.79. The highest BCUT2D eigenvalue weighted by atomic mass is 32.2. The minimum atomic E-state index is -0.555. The number of nitrogens with zero attached hydrogens (tertiary/aromatic N) is 3. The summed E-state index contributed by atoms with van der Waals surface area (Å²) in [6, 6.07) is 2.88. The van der Waals surface area contributed by atoms with Gasteiger partial charge in [0.15, 0.2) is 17.3 Å². The van der Waals surface area contributed by atoms with Gasteiger partial charge in [0.2, 0.25) is 11.8 Å². The second-order valence-corrected chi connectivity index (χ2v) is 7.49. The molecule has 160 valence electrons. The number of carbonyl (C=O) groups excluding carboxylic acids is 1. The third-order valence-electron chi connectivity index (χ3n) is 4.14. The average Bonchev–Trinajstić information content (AvgIpc) is 3.40. The number of ether oxygens (including phenoxy) is 2. The second-order valence-electron chi connectivity index (χ2n) is 6.34. The third-order valence-corrected chi connectivity index (χ3v) is 5.17. The van der Waals surface area contributed by atoms with E-state index in [1.54, 1.807) is 44.1 Å². The number of phenols is 1. The van der Waals surface area contributed by atoms with E-state index >= 15 is 0 Å². The van der Waals surface area contributed by atoms with Gasteiger partial charge in [-0.3, -0.25) is 0 Å². The number of aryl methyl sites for hydroxylation is 2. The number of aromatic nitrogens is 4. The van der Waals surface area contributed by atoms with E-state index in [1.807, 2.05) is 0 Å². The Morgan fingerprint density at radius 2 is 2.23 bits per heavy atom. The van der Waals surface area contributed by atoms with Crippen molar-refractivity contribution in [1.29, 1.82) is 0 Å². The molecule has 30 heavy (non-hydrogen) atoms. The first-order valence-electron chi connectivity index (χ1n) is 9.17. The Labute approximate surface area is 177 Å². The van der Waals surface area contributed by atoms with Crippen LogP contribution in [0.4, 0.5) is 5.95 Å². The van der Waals surface area contributed by atoms with Gasteiger partial charge < -0.3 is 29.4 Å². The fourth-order valence-corrected chi connectivity index (χ4v) is 3.54. The Morgan fingerprint density at radius 1 is 1.40 bits per heavy atom. The molecule has 0 unspecified atom stereocenters. The fraction of sp³-hybridized carbons (Fsp3) is 0.368. The van der Waals surface area contributed by atoms with Crippen molar-refractivity contribution < 1.29 is 23.9 Å². The third kappa shape index (κ3) is 5.23. The van der Waals surface area contributed by atoms with Crippen molar-refractivity contribution in [3.05, 3.63) is 47.4 Å². The van der Waals surface area contributed by atoms with Crippen LogP contribution in [0.1, 0.15) is 33.7 Å². The minimum absolute atomic E-state index is 0.107. The molecule has 11 heteroatoms. The zero-order valence-electron chi connectivity index (χ0n) is 16.8. The van der Waals surface area contributed by atoms with Crippen molar-refractivity contribution in [1.82, 2.24) is 20.1 Å². The van der Waals surface area contributed by atoms with Gasteiger partial charge in [0.05, 0.1) is 13.7 Å². The minimum Gasteiger partial charge on any atom is -0.504 e. The Bertz CT molecular complexity index is 976. The molecule has 0 aliphatic rings. The number of carbonyl (C=O) groups is 1. The highest BCUT2D eigenvalue weighted by Crippen LogP contribution is 2.33. The van der Waals surface area contributed by atoms with E-state index in [4.69, 9.17) is 14.0 Å². The zero-order valence-corrected chi connectivity index (χ0v) is 17.7. The van der Waals surface area contributed by atoms with Crippen LogP contribution in [0.15, 0.2) is 29.0 Å². The molecular weight excluding hydrogens is 410 g/mol. The molecule has 0 aliphatic heterocycles. The highest BCUT2D eigenvalue weighted by molar-refractivity contribution is 7.99. The van der Waals surface area contributed by atoms with Crippen LogP contribution >= 0.6 is 11.8 Å². The summed E-state index contributed by atoms with van der Waals surface area (Å²) in [5, 5.41) is 17.2. The number of nitrogens with one attached hydrogen (secondary N) is 2. The Hall–Kier alpha value is -3.21. The summed E-state index contributed by atoms with van der Waals surface area (Å²) in [6.07, 6.45) is 3.36. The molecule has 0 spiro atoms. The lowest BCUT2D eigenvalue weighted by Gasteiger charge is -2.15. The molecule has 0 saturated heterocycles. The maximum absolute atomic E-state index is 12.0. The van der Waals surface area contributed by atoms with Gasteiger partial charge >= 0.3 is 5.97 Å². The summed E-state index contributed by atoms with van der Waals surface area (Å²) in [7, 11) is 1.29.